The van der Waals surface area contributed by atoms with Crippen LogP contribution in [0.1, 0.15) is 69.0 Å². The number of likely N-dealkylation sites (tertiary alicyclic amines) is 1. The minimum absolute atomic E-state index is 0.0102. The molecule has 2 fully saturated rings. The molecule has 11 heteroatoms. The van der Waals surface area contributed by atoms with E-state index in [1.807, 2.05) is 32.5 Å². The number of carbonyl (C=O) groups excluding carboxylic acids is 1. The minimum Gasteiger partial charge on any atom is -0.391 e. The van der Waals surface area contributed by atoms with Crippen molar-refractivity contribution >= 4 is 23.1 Å². The van der Waals surface area contributed by atoms with E-state index in [1.165, 1.54) is 16.0 Å². The fourth-order valence-electron chi connectivity index (χ4n) is 6.00. The summed E-state index contributed by atoms with van der Waals surface area (Å²) in [7, 11) is 5.33. The number of methoxy groups -OCH3 is 2. The first-order valence-corrected chi connectivity index (χ1v) is 17.0. The van der Waals surface area contributed by atoms with Crippen LogP contribution in [0.15, 0.2) is 53.5 Å². The van der Waals surface area contributed by atoms with Crippen molar-refractivity contribution in [2.75, 3.05) is 52.3 Å². The van der Waals surface area contributed by atoms with Gasteiger partial charge in [0.05, 0.1) is 22.2 Å². The van der Waals surface area contributed by atoms with Crippen molar-refractivity contribution < 1.29 is 23.9 Å². The van der Waals surface area contributed by atoms with Gasteiger partial charge in [-0.1, -0.05) is 43.3 Å². The Balaban J connectivity index is 0.000000271. The molecule has 2 aliphatic heterocycles. The van der Waals surface area contributed by atoms with Crippen molar-refractivity contribution in [2.24, 2.45) is 11.8 Å². The van der Waals surface area contributed by atoms with E-state index < -0.39 is 6.10 Å². The lowest BCUT2D eigenvalue weighted by Crippen LogP contribution is -2.39. The van der Waals surface area contributed by atoms with Crippen LogP contribution in [0.2, 0.25) is 0 Å². The lowest BCUT2D eigenvalue weighted by molar-refractivity contribution is -0.141. The van der Waals surface area contributed by atoms with E-state index in [1.54, 1.807) is 30.5 Å². The highest BCUT2D eigenvalue weighted by Crippen LogP contribution is 2.33. The number of rotatable bonds is 10. The first kappa shape index (κ1) is 37.4. The number of thiazole rings is 1. The number of ether oxygens (including phenoxy) is 2. The molecule has 0 saturated carbocycles. The van der Waals surface area contributed by atoms with Crippen LogP contribution in [-0.2, 0) is 14.3 Å². The summed E-state index contributed by atoms with van der Waals surface area (Å²) in [6.07, 6.45) is 1.94. The number of aliphatic hydroxyl groups is 1. The van der Waals surface area contributed by atoms with Crippen LogP contribution in [0.4, 0.5) is 5.82 Å². The summed E-state index contributed by atoms with van der Waals surface area (Å²) in [4.78, 5) is 22.5. The predicted molar refractivity (Wildman–Crippen MR) is 185 cm³/mol. The van der Waals surface area contributed by atoms with Gasteiger partial charge in [0, 0.05) is 58.4 Å². The Morgan fingerprint density at radius 3 is 2.24 bits per heavy atom. The Morgan fingerprint density at radius 1 is 1.09 bits per heavy atom. The third-order valence-corrected chi connectivity index (χ3v) is 9.77. The second-order valence-electron chi connectivity index (χ2n) is 12.1. The highest BCUT2D eigenvalue weighted by molar-refractivity contribution is 7.13. The average molecular weight is 656 g/mol. The molecule has 2 aromatic heterocycles. The number of aryl methyl sites for hydroxylation is 1. The number of hydrogen-bond acceptors (Lipinski definition) is 10. The maximum atomic E-state index is 13.0. The monoisotopic (exact) mass is 655 g/mol. The fraction of sp³-hybridized carbons (Fsp3) is 0.571. The first-order valence-electron chi connectivity index (χ1n) is 16.1. The Labute approximate surface area is 278 Å². The molecule has 0 radical (unpaired) electrons. The maximum absolute atomic E-state index is 13.0. The fourth-order valence-corrected chi connectivity index (χ4v) is 6.81. The van der Waals surface area contributed by atoms with E-state index in [0.717, 1.165) is 37.4 Å². The van der Waals surface area contributed by atoms with E-state index in [4.69, 9.17) is 14.0 Å². The number of piperidine rings is 1. The van der Waals surface area contributed by atoms with E-state index in [-0.39, 0.29) is 24.0 Å². The highest BCUT2D eigenvalue weighted by atomic mass is 32.1. The quantitative estimate of drug-likeness (QED) is 0.199. The van der Waals surface area contributed by atoms with Crippen molar-refractivity contribution in [3.8, 4) is 10.4 Å². The summed E-state index contributed by atoms with van der Waals surface area (Å²) in [5.41, 5.74) is 5.58. The third kappa shape index (κ3) is 9.48. The molecule has 0 aliphatic carbocycles. The van der Waals surface area contributed by atoms with E-state index >= 15 is 0 Å². The van der Waals surface area contributed by atoms with Gasteiger partial charge in [0.1, 0.15) is 5.92 Å². The van der Waals surface area contributed by atoms with Crippen LogP contribution < -0.4 is 10.2 Å². The van der Waals surface area contributed by atoms with Gasteiger partial charge in [-0.05, 0) is 57.2 Å². The van der Waals surface area contributed by atoms with E-state index in [2.05, 4.69) is 71.6 Å². The number of aliphatic hydroxyl groups excluding tert-OH is 1. The van der Waals surface area contributed by atoms with Crippen molar-refractivity contribution in [1.82, 2.24) is 20.4 Å². The van der Waals surface area contributed by atoms with Crippen molar-refractivity contribution in [1.29, 1.82) is 0 Å². The molecule has 2 N–H and O–H groups in total. The van der Waals surface area contributed by atoms with Crippen LogP contribution in [0.3, 0.4) is 0 Å². The predicted octanol–water partition coefficient (Wildman–Crippen LogP) is 6.04. The van der Waals surface area contributed by atoms with Crippen molar-refractivity contribution in [3.05, 3.63) is 66.0 Å². The zero-order valence-electron chi connectivity index (χ0n) is 28.6. The topological polar surface area (TPSA) is 113 Å². The number of aromatic nitrogens is 2. The molecule has 5 rings (SSSR count). The van der Waals surface area contributed by atoms with Gasteiger partial charge < -0.3 is 34.2 Å². The number of β-amino-alcohol motifs (C(OH)–C–C–N with tert-alkyl or cyclic N) is 1. The molecule has 0 bridgehead atoms. The van der Waals surface area contributed by atoms with Gasteiger partial charge in [-0.3, -0.25) is 4.79 Å². The number of nitrogens with zero attached hydrogens (tertiary/aromatic N) is 4. The molecular weight excluding hydrogens is 602 g/mol. The van der Waals surface area contributed by atoms with Gasteiger partial charge in [-0.25, -0.2) is 4.98 Å². The summed E-state index contributed by atoms with van der Waals surface area (Å²) in [5.74, 6) is 1.46. The summed E-state index contributed by atoms with van der Waals surface area (Å²) >= 11 is 1.70. The average Bonchev–Trinajstić information content (AvgIpc) is 3.84. The van der Waals surface area contributed by atoms with Crippen molar-refractivity contribution in [2.45, 2.75) is 71.3 Å². The van der Waals surface area contributed by atoms with Gasteiger partial charge in [0.15, 0.2) is 17.9 Å². The number of benzene rings is 1. The van der Waals surface area contributed by atoms with Crippen molar-refractivity contribution in [3.63, 3.8) is 0 Å². The largest absolute Gasteiger partial charge is 0.391 e. The van der Waals surface area contributed by atoms with Gasteiger partial charge in [0.25, 0.3) is 0 Å². The number of carbonyl (C=O) groups is 1. The molecule has 4 heterocycles. The minimum atomic E-state index is -0.425. The van der Waals surface area contributed by atoms with Gasteiger partial charge in [0.2, 0.25) is 5.91 Å². The maximum Gasteiger partial charge on any atom is 0.233 e. The highest BCUT2D eigenvalue weighted by Gasteiger charge is 2.36. The molecular formula is C35H53N5O5S. The summed E-state index contributed by atoms with van der Waals surface area (Å²) < 4.78 is 16.4. The van der Waals surface area contributed by atoms with Crippen LogP contribution in [0, 0.1) is 18.8 Å². The normalized spacial score (nSPS) is 18.2. The molecule has 46 heavy (non-hydrogen) atoms. The summed E-state index contributed by atoms with van der Waals surface area (Å²) in [5, 5.41) is 17.2. The molecule has 3 atom stereocenters. The Hall–Kier alpha value is -3.09. The lowest BCUT2D eigenvalue weighted by atomic mass is 9.91. The second-order valence-corrected chi connectivity index (χ2v) is 13.0. The number of nitrogens with one attached hydrogen (secondary N) is 1. The Morgan fingerprint density at radius 2 is 1.74 bits per heavy atom. The SMILES string of the molecule is C=C.CN[C@@H](C)c1ccc(-c2scnc2C)cc1.COC(OC)C1CCN(c2cc(C(C(=O)N3CCC(O)C3)C(C)C)on2)CC1. The molecule has 10 nitrogen and oxygen atoms in total. The van der Waals surface area contributed by atoms with Crippen LogP contribution in [-0.4, -0.2) is 85.9 Å². The van der Waals surface area contributed by atoms with Crippen LogP contribution in [0.25, 0.3) is 10.4 Å². The standard InChI is InChI=1S/C20H33N3O5.C13H16N2S.C2H4/c1-13(2)18(19(25)23-10-7-15(24)12-23)16-11-17(21-28-16)22-8-5-14(6-9-22)20(26-3)27-4;1-9(14-3)11-4-6-12(7-5-11)13-10(2)15-8-16-13;1-2/h11,13-15,18,20,24H,5-10,12H2,1-4H3;4-9,14H,1-3H3;1-2H2/t;9-;/m.0./s1. The molecule has 0 spiro atoms. The lowest BCUT2D eigenvalue weighted by Gasteiger charge is -2.34. The summed E-state index contributed by atoms with van der Waals surface area (Å²) in [6, 6.07) is 11.0. The smallest absolute Gasteiger partial charge is 0.233 e. The van der Waals surface area contributed by atoms with Gasteiger partial charge in [-0.2, -0.15) is 0 Å². The number of amides is 1. The van der Waals surface area contributed by atoms with Gasteiger partial charge in [-0.15, -0.1) is 24.5 Å². The number of anilines is 1. The molecule has 1 aromatic carbocycles. The molecule has 3 aromatic rings. The van der Waals surface area contributed by atoms with E-state index in [0.29, 0.717) is 37.2 Å². The Kier molecular flexibility index (Phi) is 14.9. The van der Waals surface area contributed by atoms with E-state index in [9.17, 15) is 9.90 Å². The zero-order chi connectivity index (χ0) is 33.8. The molecule has 2 aliphatic rings. The summed E-state index contributed by atoms with van der Waals surface area (Å²) in [6.45, 7) is 16.9. The van der Waals surface area contributed by atoms with Crippen LogP contribution in [0.5, 0.6) is 0 Å². The van der Waals surface area contributed by atoms with Crippen LogP contribution >= 0.6 is 11.3 Å². The Bertz CT molecular complexity index is 1320. The number of hydrogen-bond donors (Lipinski definition) is 2. The second kappa shape index (κ2) is 18.3. The molecule has 1 amide bonds. The third-order valence-electron chi connectivity index (χ3n) is 8.79. The zero-order valence-corrected chi connectivity index (χ0v) is 29.4. The first-order chi connectivity index (χ1) is 22.2. The van der Waals surface area contributed by atoms with Gasteiger partial charge >= 0.3 is 0 Å². The molecule has 2 saturated heterocycles. The molecule has 254 valence electrons. The molecule has 2 unspecified atom stereocenters.